The van der Waals surface area contributed by atoms with Crippen molar-refractivity contribution >= 4 is 18.3 Å². The van der Waals surface area contributed by atoms with E-state index in [1.807, 2.05) is 30.3 Å². The van der Waals surface area contributed by atoms with Crippen LogP contribution in [-0.2, 0) is 11.2 Å². The van der Waals surface area contributed by atoms with Gasteiger partial charge in [-0.1, -0.05) is 30.3 Å². The van der Waals surface area contributed by atoms with Gasteiger partial charge in [0.25, 0.3) is 0 Å². The minimum atomic E-state index is -0.559. The number of likely N-dealkylation sites (tertiary alicyclic amines) is 1. The van der Waals surface area contributed by atoms with Crippen molar-refractivity contribution in [2.75, 3.05) is 6.54 Å². The molecule has 1 amide bonds. The van der Waals surface area contributed by atoms with Crippen LogP contribution in [0.4, 0.5) is 0 Å². The van der Waals surface area contributed by atoms with Crippen LogP contribution < -0.4 is 5.73 Å². The fraction of sp³-hybridized carbons (Fsp3) is 0.467. The summed E-state index contributed by atoms with van der Waals surface area (Å²) >= 11 is 0. The van der Waals surface area contributed by atoms with Crippen molar-refractivity contribution < 1.29 is 4.79 Å². The Bertz CT molecular complexity index is 472. The van der Waals surface area contributed by atoms with E-state index in [1.165, 1.54) is 0 Å². The van der Waals surface area contributed by atoms with Crippen LogP contribution in [0.15, 0.2) is 30.3 Å². The summed E-state index contributed by atoms with van der Waals surface area (Å²) in [7, 11) is 0. The lowest BCUT2D eigenvalue weighted by Crippen LogP contribution is -2.51. The number of hydrogen-bond acceptors (Lipinski definition) is 3. The minimum Gasteiger partial charge on any atom is -0.325 e. The molecule has 0 aliphatic carbocycles. The van der Waals surface area contributed by atoms with Crippen molar-refractivity contribution in [2.24, 2.45) is 5.73 Å². The SMILES string of the molecule is Cl.N#CC1CCCCN1C(=O)[C@@H](N)Cc1ccccc1. The van der Waals surface area contributed by atoms with Crippen LogP contribution in [0, 0.1) is 11.3 Å². The second-order valence-corrected chi connectivity index (χ2v) is 4.97. The standard InChI is InChI=1S/C15H19N3O.ClH/c16-11-13-8-4-5-9-18(13)15(19)14(17)10-12-6-2-1-3-7-12;/h1-3,6-7,13-14H,4-5,8-10,17H2;1H/t13?,14-;/m0./s1. The van der Waals surface area contributed by atoms with E-state index in [4.69, 9.17) is 11.0 Å². The molecule has 1 aromatic rings. The predicted molar refractivity (Wildman–Crippen MR) is 80.3 cm³/mol. The second kappa shape index (κ2) is 7.88. The van der Waals surface area contributed by atoms with Gasteiger partial charge in [-0.15, -0.1) is 12.4 Å². The zero-order valence-electron chi connectivity index (χ0n) is 11.4. The third-order valence-corrected chi connectivity index (χ3v) is 3.55. The van der Waals surface area contributed by atoms with Crippen LogP contribution in [0.3, 0.4) is 0 Å². The number of carbonyl (C=O) groups excluding carboxylic acids is 1. The lowest BCUT2D eigenvalue weighted by Gasteiger charge is -2.33. The fourth-order valence-electron chi connectivity index (χ4n) is 2.50. The van der Waals surface area contributed by atoms with E-state index >= 15 is 0 Å². The number of nitrogens with two attached hydrogens (primary N) is 1. The molecule has 2 rings (SSSR count). The molecule has 0 aromatic heterocycles. The lowest BCUT2D eigenvalue weighted by molar-refractivity contribution is -0.135. The van der Waals surface area contributed by atoms with Gasteiger partial charge in [-0.3, -0.25) is 4.79 Å². The number of hydrogen-bond donors (Lipinski definition) is 1. The Morgan fingerprint density at radius 1 is 1.40 bits per heavy atom. The summed E-state index contributed by atoms with van der Waals surface area (Å²) in [6, 6.07) is 11.1. The van der Waals surface area contributed by atoms with Gasteiger partial charge in [0.15, 0.2) is 0 Å². The Kier molecular flexibility index (Phi) is 6.50. The van der Waals surface area contributed by atoms with E-state index in [0.29, 0.717) is 13.0 Å². The lowest BCUT2D eigenvalue weighted by atomic mass is 10.00. The Hall–Kier alpha value is -1.57. The first kappa shape index (κ1) is 16.5. The average molecular weight is 294 g/mol. The molecule has 0 radical (unpaired) electrons. The molecule has 0 saturated carbocycles. The number of amides is 1. The summed E-state index contributed by atoms with van der Waals surface area (Å²) in [6.07, 6.45) is 3.26. The summed E-state index contributed by atoms with van der Waals surface area (Å²) in [6.45, 7) is 0.652. The molecule has 1 aliphatic rings. The van der Waals surface area contributed by atoms with E-state index in [2.05, 4.69) is 6.07 Å². The van der Waals surface area contributed by atoms with Crippen LogP contribution >= 0.6 is 12.4 Å². The summed E-state index contributed by atoms with van der Waals surface area (Å²) in [5.74, 6) is -0.102. The Morgan fingerprint density at radius 3 is 2.75 bits per heavy atom. The van der Waals surface area contributed by atoms with Crippen molar-refractivity contribution in [1.29, 1.82) is 5.26 Å². The van der Waals surface area contributed by atoms with Crippen molar-refractivity contribution in [3.8, 4) is 6.07 Å². The highest BCUT2D eigenvalue weighted by Crippen LogP contribution is 2.17. The monoisotopic (exact) mass is 293 g/mol. The highest BCUT2D eigenvalue weighted by atomic mass is 35.5. The molecular formula is C15H20ClN3O. The molecule has 0 bridgehead atoms. The molecule has 108 valence electrons. The first-order valence-corrected chi connectivity index (χ1v) is 6.72. The van der Waals surface area contributed by atoms with Gasteiger partial charge in [0.05, 0.1) is 12.1 Å². The molecule has 0 spiro atoms. The average Bonchev–Trinajstić information content (AvgIpc) is 2.47. The van der Waals surface area contributed by atoms with Crippen molar-refractivity contribution in [2.45, 2.75) is 37.8 Å². The number of nitrogens with zero attached hydrogens (tertiary/aromatic N) is 2. The maximum atomic E-state index is 12.3. The molecule has 2 N–H and O–H groups in total. The number of piperidine rings is 1. The van der Waals surface area contributed by atoms with Crippen molar-refractivity contribution in [3.63, 3.8) is 0 Å². The second-order valence-electron chi connectivity index (χ2n) is 4.97. The van der Waals surface area contributed by atoms with Gasteiger partial charge in [-0.25, -0.2) is 0 Å². The smallest absolute Gasteiger partial charge is 0.240 e. The van der Waals surface area contributed by atoms with Crippen LogP contribution in [-0.4, -0.2) is 29.4 Å². The highest BCUT2D eigenvalue weighted by molar-refractivity contribution is 5.85. The summed E-state index contributed by atoms with van der Waals surface area (Å²) < 4.78 is 0. The van der Waals surface area contributed by atoms with Gasteiger partial charge in [0.2, 0.25) is 5.91 Å². The maximum Gasteiger partial charge on any atom is 0.240 e. The zero-order chi connectivity index (χ0) is 13.7. The number of halogens is 1. The number of benzene rings is 1. The number of carbonyl (C=O) groups is 1. The van der Waals surface area contributed by atoms with E-state index in [1.54, 1.807) is 4.90 Å². The van der Waals surface area contributed by atoms with Gasteiger partial charge in [0, 0.05) is 6.54 Å². The van der Waals surface area contributed by atoms with Crippen molar-refractivity contribution in [3.05, 3.63) is 35.9 Å². The quantitative estimate of drug-likeness (QED) is 0.925. The van der Waals surface area contributed by atoms with E-state index in [9.17, 15) is 4.79 Å². The predicted octanol–water partition coefficient (Wildman–Crippen LogP) is 1.88. The normalized spacial score (nSPS) is 19.6. The first-order valence-electron chi connectivity index (χ1n) is 6.72. The molecule has 1 saturated heterocycles. The first-order chi connectivity index (χ1) is 9.22. The van der Waals surface area contributed by atoms with Gasteiger partial charge in [-0.05, 0) is 31.2 Å². The van der Waals surface area contributed by atoms with Crippen LogP contribution in [0.5, 0.6) is 0 Å². The summed E-state index contributed by atoms with van der Waals surface area (Å²) in [5.41, 5.74) is 7.05. The molecule has 1 aromatic carbocycles. The molecule has 5 heteroatoms. The Labute approximate surface area is 126 Å². The van der Waals surface area contributed by atoms with Gasteiger partial charge >= 0.3 is 0 Å². The largest absolute Gasteiger partial charge is 0.325 e. The van der Waals surface area contributed by atoms with Gasteiger partial charge < -0.3 is 10.6 Å². The summed E-state index contributed by atoms with van der Waals surface area (Å²) in [5, 5.41) is 9.10. The number of nitriles is 1. The van der Waals surface area contributed by atoms with Crippen LogP contribution in [0.1, 0.15) is 24.8 Å². The van der Waals surface area contributed by atoms with Gasteiger partial charge in [-0.2, -0.15) is 5.26 Å². The molecule has 1 unspecified atom stereocenters. The fourth-order valence-corrected chi connectivity index (χ4v) is 2.50. The molecule has 1 fully saturated rings. The Morgan fingerprint density at radius 2 is 2.10 bits per heavy atom. The molecule has 1 aliphatic heterocycles. The summed E-state index contributed by atoms with van der Waals surface area (Å²) in [4.78, 5) is 14.0. The van der Waals surface area contributed by atoms with Gasteiger partial charge in [0.1, 0.15) is 6.04 Å². The highest BCUT2D eigenvalue weighted by Gasteiger charge is 2.29. The van der Waals surface area contributed by atoms with Crippen LogP contribution in [0.25, 0.3) is 0 Å². The van der Waals surface area contributed by atoms with E-state index in [-0.39, 0.29) is 24.4 Å². The minimum absolute atomic E-state index is 0. The van der Waals surface area contributed by atoms with E-state index < -0.39 is 6.04 Å². The Balaban J connectivity index is 0.00000200. The molecule has 4 nitrogen and oxygen atoms in total. The third-order valence-electron chi connectivity index (χ3n) is 3.55. The molecule has 20 heavy (non-hydrogen) atoms. The van der Waals surface area contributed by atoms with Crippen molar-refractivity contribution in [1.82, 2.24) is 4.90 Å². The molecule has 2 atom stereocenters. The maximum absolute atomic E-state index is 12.3. The number of rotatable bonds is 3. The molecule has 1 heterocycles. The third kappa shape index (κ3) is 3.96. The zero-order valence-corrected chi connectivity index (χ0v) is 12.2. The topological polar surface area (TPSA) is 70.1 Å². The van der Waals surface area contributed by atoms with Crippen LogP contribution in [0.2, 0.25) is 0 Å². The van der Waals surface area contributed by atoms with E-state index in [0.717, 1.165) is 24.8 Å². The molecular weight excluding hydrogens is 274 g/mol.